The number of fused-ring (bicyclic) bond motifs is 11. The highest BCUT2D eigenvalue weighted by Crippen LogP contribution is 2.34. The number of pyridine rings is 2. The molecule has 0 spiro atoms. The lowest BCUT2D eigenvalue weighted by atomic mass is 10.0. The zero-order valence-corrected chi connectivity index (χ0v) is 22.1. The van der Waals surface area contributed by atoms with E-state index >= 15 is 0 Å². The van der Waals surface area contributed by atoms with E-state index < -0.39 is 0 Å². The van der Waals surface area contributed by atoms with Gasteiger partial charge in [-0.1, -0.05) is 115 Å². The summed E-state index contributed by atoms with van der Waals surface area (Å²) in [5, 5.41) is 7.20. The molecule has 190 valence electrons. The molecule has 0 fully saturated rings. The first-order valence-corrected chi connectivity index (χ1v) is 13.9. The fraction of sp³-hybridized carbons (Fsp3) is 0. The van der Waals surface area contributed by atoms with Crippen LogP contribution < -0.4 is 0 Å². The Labute approximate surface area is 236 Å². The van der Waals surface area contributed by atoms with Gasteiger partial charge in [-0.15, -0.1) is 0 Å². The molecule has 9 rings (SSSR count). The van der Waals surface area contributed by atoms with E-state index in [-0.39, 0.29) is 0 Å². The number of imidazole rings is 1. The average Bonchev–Trinajstić information content (AvgIpc) is 3.44. The molecule has 0 amide bonds. The van der Waals surface area contributed by atoms with Crippen LogP contribution in [-0.4, -0.2) is 14.4 Å². The van der Waals surface area contributed by atoms with Crippen molar-refractivity contribution >= 4 is 60.0 Å². The van der Waals surface area contributed by atoms with Gasteiger partial charge in [0.05, 0.1) is 27.8 Å². The number of hydrogen-bond acceptors (Lipinski definition) is 2. The normalized spacial score (nSPS) is 11.9. The van der Waals surface area contributed by atoms with Gasteiger partial charge in [0, 0.05) is 27.1 Å². The first-order chi connectivity index (χ1) is 20.3. The molecule has 0 aliphatic heterocycles. The Balaban J connectivity index is 1.16. The zero-order valence-electron chi connectivity index (χ0n) is 22.1. The summed E-state index contributed by atoms with van der Waals surface area (Å²) in [5.41, 5.74) is 9.73. The number of hydrogen-bond donors (Lipinski definition) is 0. The molecule has 0 saturated heterocycles. The van der Waals surface area contributed by atoms with Crippen molar-refractivity contribution in [2.75, 3.05) is 0 Å². The fourth-order valence-corrected chi connectivity index (χ4v) is 6.35. The van der Waals surface area contributed by atoms with Crippen LogP contribution in [0.4, 0.5) is 0 Å². The molecule has 41 heavy (non-hydrogen) atoms. The highest BCUT2D eigenvalue weighted by atomic mass is 15.0. The van der Waals surface area contributed by atoms with Gasteiger partial charge in [0.1, 0.15) is 5.65 Å². The monoisotopic (exact) mass is 521 g/mol. The van der Waals surface area contributed by atoms with Gasteiger partial charge >= 0.3 is 0 Å². The Morgan fingerprint density at radius 3 is 1.95 bits per heavy atom. The van der Waals surface area contributed by atoms with Crippen LogP contribution in [0.25, 0.3) is 82.4 Å². The van der Waals surface area contributed by atoms with E-state index in [1.165, 1.54) is 32.4 Å². The summed E-state index contributed by atoms with van der Waals surface area (Å²) in [6, 6.07) is 49.5. The van der Waals surface area contributed by atoms with E-state index in [0.717, 1.165) is 50.0 Å². The van der Waals surface area contributed by atoms with Crippen LogP contribution in [0.3, 0.4) is 0 Å². The molecule has 3 nitrogen and oxygen atoms in total. The second kappa shape index (κ2) is 8.48. The van der Waals surface area contributed by atoms with Gasteiger partial charge in [-0.25, -0.2) is 9.97 Å². The summed E-state index contributed by atoms with van der Waals surface area (Å²) < 4.78 is 2.30. The predicted octanol–water partition coefficient (Wildman–Crippen LogP) is 9.83. The van der Waals surface area contributed by atoms with Crippen LogP contribution in [0.15, 0.2) is 140 Å². The lowest BCUT2D eigenvalue weighted by Gasteiger charge is -2.09. The largest absolute Gasteiger partial charge is 0.292 e. The molecule has 9 aromatic rings. The van der Waals surface area contributed by atoms with Crippen molar-refractivity contribution < 1.29 is 0 Å². The molecule has 0 saturated carbocycles. The Morgan fingerprint density at radius 1 is 0.415 bits per heavy atom. The third kappa shape index (κ3) is 3.33. The predicted molar refractivity (Wildman–Crippen MR) is 171 cm³/mol. The van der Waals surface area contributed by atoms with Gasteiger partial charge in [-0.2, -0.15) is 0 Å². The standard InChI is InChI=1S/C38H23N3/c1-2-8-29-25(7-1)15-18-27-19-21-33(39-37(27)29)26-16-13-24(14-17-26)28-20-22-36-34(23-28)40-38-32-11-4-3-9-30(32)31-10-5-6-12-35(31)41(36)38/h1-23H. The van der Waals surface area contributed by atoms with Gasteiger partial charge in [0.25, 0.3) is 0 Å². The van der Waals surface area contributed by atoms with E-state index in [9.17, 15) is 0 Å². The highest BCUT2D eigenvalue weighted by Gasteiger charge is 2.14. The lowest BCUT2D eigenvalue weighted by molar-refractivity contribution is 1.31. The summed E-state index contributed by atoms with van der Waals surface area (Å²) in [6.07, 6.45) is 0. The van der Waals surface area contributed by atoms with E-state index in [4.69, 9.17) is 9.97 Å². The van der Waals surface area contributed by atoms with E-state index in [2.05, 4.69) is 144 Å². The molecule has 3 aromatic heterocycles. The third-order valence-corrected chi connectivity index (χ3v) is 8.36. The molecule has 0 N–H and O–H groups in total. The fourth-order valence-electron chi connectivity index (χ4n) is 6.35. The number of nitrogens with zero attached hydrogens (tertiary/aromatic N) is 3. The summed E-state index contributed by atoms with van der Waals surface area (Å²) in [6.45, 7) is 0. The van der Waals surface area contributed by atoms with Crippen molar-refractivity contribution in [3.63, 3.8) is 0 Å². The molecular formula is C38H23N3. The van der Waals surface area contributed by atoms with Crippen molar-refractivity contribution in [2.24, 2.45) is 0 Å². The lowest BCUT2D eigenvalue weighted by Crippen LogP contribution is -1.91. The molecule has 0 bridgehead atoms. The zero-order chi connectivity index (χ0) is 26.9. The Kier molecular flexibility index (Phi) is 4.61. The van der Waals surface area contributed by atoms with Crippen LogP contribution in [0, 0.1) is 0 Å². The summed E-state index contributed by atoms with van der Waals surface area (Å²) in [4.78, 5) is 10.2. The summed E-state index contributed by atoms with van der Waals surface area (Å²) >= 11 is 0. The van der Waals surface area contributed by atoms with Gasteiger partial charge in [0.2, 0.25) is 0 Å². The maximum absolute atomic E-state index is 5.15. The smallest absolute Gasteiger partial charge is 0.146 e. The maximum atomic E-state index is 5.15. The Morgan fingerprint density at radius 2 is 1.07 bits per heavy atom. The average molecular weight is 522 g/mol. The molecule has 0 atom stereocenters. The van der Waals surface area contributed by atoms with Gasteiger partial charge in [-0.05, 0) is 46.2 Å². The minimum absolute atomic E-state index is 0.981. The molecular weight excluding hydrogens is 498 g/mol. The van der Waals surface area contributed by atoms with Crippen molar-refractivity contribution in [2.45, 2.75) is 0 Å². The van der Waals surface area contributed by atoms with Gasteiger partial charge in [0.15, 0.2) is 0 Å². The van der Waals surface area contributed by atoms with Crippen LogP contribution >= 0.6 is 0 Å². The second-order valence-electron chi connectivity index (χ2n) is 10.7. The molecule has 0 radical (unpaired) electrons. The molecule has 3 heterocycles. The summed E-state index contributed by atoms with van der Waals surface area (Å²) in [5.74, 6) is 0. The molecule has 6 aromatic carbocycles. The van der Waals surface area contributed by atoms with Crippen molar-refractivity contribution in [1.82, 2.24) is 14.4 Å². The Bertz CT molecular complexity index is 2470. The second-order valence-corrected chi connectivity index (χ2v) is 10.7. The molecule has 0 aliphatic rings. The number of para-hydroxylation sites is 1. The number of rotatable bonds is 2. The quantitative estimate of drug-likeness (QED) is 0.212. The van der Waals surface area contributed by atoms with Gasteiger partial charge in [-0.3, -0.25) is 4.40 Å². The van der Waals surface area contributed by atoms with Crippen LogP contribution in [0.5, 0.6) is 0 Å². The van der Waals surface area contributed by atoms with Crippen molar-refractivity contribution in [3.05, 3.63) is 140 Å². The van der Waals surface area contributed by atoms with Crippen LogP contribution in [0.2, 0.25) is 0 Å². The SMILES string of the molecule is c1ccc2c(c1)ccc1ccc(-c3ccc(-c4ccc5c(c4)nc4c6ccccc6c6ccccc6n54)cc3)nc12. The van der Waals surface area contributed by atoms with Crippen LogP contribution in [-0.2, 0) is 0 Å². The topological polar surface area (TPSA) is 30.2 Å². The van der Waals surface area contributed by atoms with E-state index in [1.54, 1.807) is 0 Å². The first-order valence-electron chi connectivity index (χ1n) is 13.9. The highest BCUT2D eigenvalue weighted by molar-refractivity contribution is 6.14. The van der Waals surface area contributed by atoms with E-state index in [0.29, 0.717) is 0 Å². The molecule has 0 unspecified atom stereocenters. The van der Waals surface area contributed by atoms with Crippen LogP contribution in [0.1, 0.15) is 0 Å². The minimum atomic E-state index is 0.981. The number of benzene rings is 6. The minimum Gasteiger partial charge on any atom is -0.292 e. The van der Waals surface area contributed by atoms with Gasteiger partial charge < -0.3 is 0 Å². The third-order valence-electron chi connectivity index (χ3n) is 8.36. The van der Waals surface area contributed by atoms with Crippen molar-refractivity contribution in [3.8, 4) is 22.4 Å². The molecule has 3 heteroatoms. The maximum Gasteiger partial charge on any atom is 0.146 e. The Hall–Kier alpha value is -5.54. The van der Waals surface area contributed by atoms with E-state index in [1.807, 2.05) is 0 Å². The van der Waals surface area contributed by atoms with Crippen molar-refractivity contribution in [1.29, 1.82) is 0 Å². The molecule has 0 aliphatic carbocycles. The number of aromatic nitrogens is 3. The first kappa shape index (κ1) is 22.3. The summed E-state index contributed by atoms with van der Waals surface area (Å²) in [7, 11) is 0.